The van der Waals surface area contributed by atoms with Crippen LogP contribution in [0.5, 0.6) is 0 Å². The van der Waals surface area contributed by atoms with E-state index in [1.165, 1.54) is 11.1 Å². The van der Waals surface area contributed by atoms with Crippen molar-refractivity contribution in [2.24, 2.45) is 0 Å². The van der Waals surface area contributed by atoms with E-state index in [1.807, 2.05) is 25.2 Å². The molecule has 102 valence electrons. The molecule has 0 saturated carbocycles. The third-order valence-electron chi connectivity index (χ3n) is 3.29. The average molecular weight is 285 g/mol. The highest BCUT2D eigenvalue weighted by atomic mass is 35.5. The second-order valence-electron chi connectivity index (χ2n) is 4.94. The van der Waals surface area contributed by atoms with Gasteiger partial charge in [0, 0.05) is 19.5 Å². The van der Waals surface area contributed by atoms with Crippen molar-refractivity contribution >= 4 is 17.3 Å². The van der Waals surface area contributed by atoms with Gasteiger partial charge in [-0.05, 0) is 30.2 Å². The fourth-order valence-electron chi connectivity index (χ4n) is 2.14. The van der Waals surface area contributed by atoms with Crippen molar-refractivity contribution in [2.75, 3.05) is 11.9 Å². The summed E-state index contributed by atoms with van der Waals surface area (Å²) in [6, 6.07) is 16.5. The molecule has 0 aromatic heterocycles. The lowest BCUT2D eigenvalue weighted by molar-refractivity contribution is 0.919. The van der Waals surface area contributed by atoms with E-state index >= 15 is 0 Å². The SMILES string of the molecule is Cc1ccc(CN(C)c2ccc(CCl)cc2C#N)cc1. The Kier molecular flexibility index (Phi) is 4.65. The molecule has 0 atom stereocenters. The highest BCUT2D eigenvalue weighted by molar-refractivity contribution is 6.17. The first-order valence-corrected chi connectivity index (χ1v) is 7.03. The van der Waals surface area contributed by atoms with Crippen LogP contribution in [0.4, 0.5) is 5.69 Å². The molecule has 0 spiro atoms. The zero-order valence-electron chi connectivity index (χ0n) is 11.7. The number of alkyl halides is 1. The molecule has 0 aliphatic rings. The van der Waals surface area contributed by atoms with E-state index in [4.69, 9.17) is 11.6 Å². The van der Waals surface area contributed by atoms with Crippen molar-refractivity contribution in [1.29, 1.82) is 5.26 Å². The number of benzene rings is 2. The van der Waals surface area contributed by atoms with E-state index in [0.717, 1.165) is 17.8 Å². The number of rotatable bonds is 4. The Labute approximate surface area is 125 Å². The van der Waals surface area contributed by atoms with E-state index < -0.39 is 0 Å². The van der Waals surface area contributed by atoms with Crippen molar-refractivity contribution in [2.45, 2.75) is 19.3 Å². The first-order valence-electron chi connectivity index (χ1n) is 6.49. The third-order valence-corrected chi connectivity index (χ3v) is 3.60. The Morgan fingerprint density at radius 2 is 1.75 bits per heavy atom. The summed E-state index contributed by atoms with van der Waals surface area (Å²) in [6.45, 7) is 2.85. The topological polar surface area (TPSA) is 27.0 Å². The van der Waals surface area contributed by atoms with Crippen LogP contribution in [0.25, 0.3) is 0 Å². The first kappa shape index (κ1) is 14.4. The van der Waals surface area contributed by atoms with Crippen LogP contribution in [0.3, 0.4) is 0 Å². The number of hydrogen-bond acceptors (Lipinski definition) is 2. The van der Waals surface area contributed by atoms with Crippen LogP contribution in [0.15, 0.2) is 42.5 Å². The minimum Gasteiger partial charge on any atom is -0.369 e. The summed E-state index contributed by atoms with van der Waals surface area (Å²) in [5.41, 5.74) is 5.04. The zero-order chi connectivity index (χ0) is 14.5. The van der Waals surface area contributed by atoms with Crippen molar-refractivity contribution in [1.82, 2.24) is 0 Å². The molecule has 2 rings (SSSR count). The van der Waals surface area contributed by atoms with Crippen LogP contribution in [0, 0.1) is 18.3 Å². The quantitative estimate of drug-likeness (QED) is 0.785. The molecule has 2 aromatic carbocycles. The number of nitrogens with zero attached hydrogens (tertiary/aromatic N) is 2. The van der Waals surface area contributed by atoms with Crippen molar-refractivity contribution in [3.8, 4) is 6.07 Å². The predicted molar refractivity (Wildman–Crippen MR) is 84.0 cm³/mol. The fraction of sp³-hybridized carbons (Fsp3) is 0.235. The lowest BCUT2D eigenvalue weighted by Gasteiger charge is -2.21. The highest BCUT2D eigenvalue weighted by Crippen LogP contribution is 2.23. The number of halogens is 1. The van der Waals surface area contributed by atoms with Gasteiger partial charge in [0.25, 0.3) is 0 Å². The van der Waals surface area contributed by atoms with Gasteiger partial charge in [-0.3, -0.25) is 0 Å². The molecule has 0 N–H and O–H groups in total. The van der Waals surface area contributed by atoms with Crippen LogP contribution >= 0.6 is 11.6 Å². The van der Waals surface area contributed by atoms with Crippen LogP contribution in [0.2, 0.25) is 0 Å². The molecule has 20 heavy (non-hydrogen) atoms. The normalized spacial score (nSPS) is 10.1. The molecule has 0 bridgehead atoms. The van der Waals surface area contributed by atoms with Gasteiger partial charge in [-0.25, -0.2) is 0 Å². The molecule has 0 heterocycles. The molecule has 0 aliphatic heterocycles. The van der Waals surface area contributed by atoms with Gasteiger partial charge in [-0.2, -0.15) is 5.26 Å². The molecule has 2 nitrogen and oxygen atoms in total. The maximum Gasteiger partial charge on any atom is 0.101 e. The molecule has 0 amide bonds. The van der Waals surface area contributed by atoms with Crippen molar-refractivity contribution in [3.05, 3.63) is 64.7 Å². The highest BCUT2D eigenvalue weighted by Gasteiger charge is 2.08. The van der Waals surface area contributed by atoms with Gasteiger partial charge in [0.2, 0.25) is 0 Å². The average Bonchev–Trinajstić information content (AvgIpc) is 2.48. The molecular formula is C17H17ClN2. The maximum atomic E-state index is 9.27. The molecule has 3 heteroatoms. The van der Waals surface area contributed by atoms with Gasteiger partial charge >= 0.3 is 0 Å². The Morgan fingerprint density at radius 3 is 2.35 bits per heavy atom. The van der Waals surface area contributed by atoms with E-state index in [2.05, 4.69) is 42.2 Å². The lowest BCUT2D eigenvalue weighted by atomic mass is 10.1. The second-order valence-corrected chi connectivity index (χ2v) is 5.21. The Balaban J connectivity index is 2.22. The number of hydrogen-bond donors (Lipinski definition) is 0. The number of aryl methyl sites for hydroxylation is 1. The summed E-state index contributed by atoms with van der Waals surface area (Å²) in [5.74, 6) is 0.427. The molecule has 2 aromatic rings. The van der Waals surface area contributed by atoms with Crippen LogP contribution in [-0.2, 0) is 12.4 Å². The lowest BCUT2D eigenvalue weighted by Crippen LogP contribution is -2.17. The predicted octanol–water partition coefficient (Wildman–Crippen LogP) is 4.24. The Bertz CT molecular complexity index is 626. The molecular weight excluding hydrogens is 268 g/mol. The van der Waals surface area contributed by atoms with Crippen molar-refractivity contribution in [3.63, 3.8) is 0 Å². The molecule has 0 unspecified atom stereocenters. The largest absolute Gasteiger partial charge is 0.369 e. The zero-order valence-corrected chi connectivity index (χ0v) is 12.5. The van der Waals surface area contributed by atoms with Crippen LogP contribution < -0.4 is 4.90 Å². The van der Waals surface area contributed by atoms with Gasteiger partial charge in [0.05, 0.1) is 11.3 Å². The Hall–Kier alpha value is -1.98. The smallest absolute Gasteiger partial charge is 0.101 e. The summed E-state index contributed by atoms with van der Waals surface area (Å²) in [5, 5.41) is 9.27. The number of anilines is 1. The molecule has 0 fully saturated rings. The number of nitriles is 1. The summed E-state index contributed by atoms with van der Waals surface area (Å²) < 4.78 is 0. The third kappa shape index (κ3) is 3.31. The van der Waals surface area contributed by atoms with Crippen LogP contribution in [-0.4, -0.2) is 7.05 Å². The molecule has 0 radical (unpaired) electrons. The minimum absolute atomic E-state index is 0.427. The standard InChI is InChI=1S/C17H17ClN2/c1-13-3-5-14(6-4-13)12-20(2)17-8-7-15(10-18)9-16(17)11-19/h3-9H,10,12H2,1-2H3. The summed E-state index contributed by atoms with van der Waals surface area (Å²) >= 11 is 5.81. The van der Waals surface area contributed by atoms with Crippen molar-refractivity contribution < 1.29 is 0 Å². The monoisotopic (exact) mass is 284 g/mol. The molecule has 0 saturated heterocycles. The van der Waals surface area contributed by atoms with Gasteiger partial charge in [-0.1, -0.05) is 35.9 Å². The Morgan fingerprint density at radius 1 is 1.10 bits per heavy atom. The van der Waals surface area contributed by atoms with E-state index in [9.17, 15) is 5.26 Å². The van der Waals surface area contributed by atoms with E-state index in [1.54, 1.807) is 0 Å². The van der Waals surface area contributed by atoms with Crippen LogP contribution in [0.1, 0.15) is 22.3 Å². The second kappa shape index (κ2) is 6.45. The first-order chi connectivity index (χ1) is 9.63. The minimum atomic E-state index is 0.427. The van der Waals surface area contributed by atoms with Gasteiger partial charge in [0.1, 0.15) is 6.07 Å². The van der Waals surface area contributed by atoms with E-state index in [0.29, 0.717) is 11.4 Å². The summed E-state index contributed by atoms with van der Waals surface area (Å²) in [7, 11) is 2.00. The van der Waals surface area contributed by atoms with E-state index in [-0.39, 0.29) is 0 Å². The molecule has 0 aliphatic carbocycles. The van der Waals surface area contributed by atoms with Gasteiger partial charge < -0.3 is 4.90 Å². The summed E-state index contributed by atoms with van der Waals surface area (Å²) in [6.07, 6.45) is 0. The van der Waals surface area contributed by atoms with Gasteiger partial charge in [0.15, 0.2) is 0 Å². The maximum absolute atomic E-state index is 9.27. The fourth-order valence-corrected chi connectivity index (χ4v) is 2.31. The van der Waals surface area contributed by atoms with Gasteiger partial charge in [-0.15, -0.1) is 11.6 Å². The summed E-state index contributed by atoms with van der Waals surface area (Å²) in [4.78, 5) is 2.08.